The van der Waals surface area contributed by atoms with Crippen molar-refractivity contribution in [2.24, 2.45) is 0 Å². The van der Waals surface area contributed by atoms with Crippen LogP contribution in [0.4, 0.5) is 28.4 Å². The number of rotatable bonds is 7. The topological polar surface area (TPSA) is 20.2 Å². The largest absolute Gasteiger partial charge is 0.355 e. The summed E-state index contributed by atoms with van der Waals surface area (Å²) in [6.45, 7) is 12.0. The molecule has 3 heterocycles. The number of aromatic nitrogens is 1. The maximum Gasteiger partial charge on any atom is 0.211 e. The summed E-state index contributed by atoms with van der Waals surface area (Å²) < 4.78 is 5.18. The van der Waals surface area contributed by atoms with Gasteiger partial charge >= 0.3 is 0 Å². The number of thiophene rings is 1. The number of fused-ring (bicyclic) bond motifs is 10. The molecule has 327 valence electrons. The Morgan fingerprint density at radius 1 is 0.559 bits per heavy atom. The molecule has 13 rings (SSSR count). The van der Waals surface area contributed by atoms with Gasteiger partial charge < -0.3 is 14.8 Å². The second-order valence-corrected chi connectivity index (χ2v) is 21.4. The van der Waals surface area contributed by atoms with Crippen molar-refractivity contribution in [3.8, 4) is 27.9 Å². The smallest absolute Gasteiger partial charge is 0.211 e. The molecule has 0 amide bonds. The minimum Gasteiger partial charge on any atom is -0.355 e. The molecule has 5 heteroatoms. The van der Waals surface area contributed by atoms with Crippen molar-refractivity contribution in [1.29, 1.82) is 0 Å². The third kappa shape index (κ3) is 6.39. The lowest BCUT2D eigenvalue weighted by molar-refractivity contribution is 0.332. The number of nitrogens with one attached hydrogen (secondary N) is 1. The van der Waals surface area contributed by atoms with Crippen LogP contribution in [0.2, 0.25) is 0 Å². The standard InChI is InChI=1S/C63H51BN3S/c1-39-35-49(58-60-56(39)57-47-24-16-15-19-41(47)25-31-54(57)67(60)59-50-36-42(40-17-9-6-10-18-40)26-32-55(50)68-61(59)64-58)48-38-46(66(44-20-11-7-12-21-44)45-22-13-8-14-23-45)28-30-53(48)65-43-27-29-51-52(37-43)63(4,5)34-33-62(51,2)3/h6-32,35-38,65H,33-34H2,1-5H3. The predicted octanol–water partition coefficient (Wildman–Crippen LogP) is 16.3. The minimum atomic E-state index is 0.0871. The van der Waals surface area contributed by atoms with Gasteiger partial charge in [-0.25, -0.2) is 0 Å². The Labute approximate surface area is 403 Å². The molecule has 3 nitrogen and oxygen atoms in total. The first-order valence-corrected chi connectivity index (χ1v) is 24.9. The van der Waals surface area contributed by atoms with Gasteiger partial charge in [0.15, 0.2) is 0 Å². The summed E-state index contributed by atoms with van der Waals surface area (Å²) in [5, 5.41) is 10.5. The van der Waals surface area contributed by atoms with Gasteiger partial charge in [-0.2, -0.15) is 0 Å². The van der Waals surface area contributed by atoms with E-state index in [-0.39, 0.29) is 10.8 Å². The zero-order valence-electron chi connectivity index (χ0n) is 39.2. The predicted molar refractivity (Wildman–Crippen MR) is 294 cm³/mol. The maximum atomic E-state index is 4.06. The van der Waals surface area contributed by atoms with E-state index < -0.39 is 0 Å². The Morgan fingerprint density at radius 3 is 2.00 bits per heavy atom. The number of hydrogen-bond acceptors (Lipinski definition) is 3. The Hall–Kier alpha value is -7.34. The van der Waals surface area contributed by atoms with Crippen LogP contribution >= 0.6 is 11.3 Å². The molecule has 1 radical (unpaired) electrons. The van der Waals surface area contributed by atoms with Crippen LogP contribution in [0.5, 0.6) is 0 Å². The molecule has 0 unspecified atom stereocenters. The zero-order chi connectivity index (χ0) is 45.9. The van der Waals surface area contributed by atoms with Gasteiger partial charge in [0.1, 0.15) is 0 Å². The van der Waals surface area contributed by atoms with E-state index in [2.05, 4.69) is 245 Å². The molecule has 0 saturated heterocycles. The highest BCUT2D eigenvalue weighted by Gasteiger charge is 2.37. The maximum absolute atomic E-state index is 4.06. The molecule has 1 N–H and O–H groups in total. The van der Waals surface area contributed by atoms with Gasteiger partial charge in [-0.15, -0.1) is 11.3 Å². The molecular weight excluding hydrogens is 842 g/mol. The molecule has 68 heavy (non-hydrogen) atoms. The Balaban J connectivity index is 1.09. The molecule has 9 aromatic carbocycles. The summed E-state index contributed by atoms with van der Waals surface area (Å²) in [5.41, 5.74) is 19.8. The van der Waals surface area contributed by atoms with Crippen LogP contribution in [-0.4, -0.2) is 11.8 Å². The summed E-state index contributed by atoms with van der Waals surface area (Å²) in [6, 6.07) is 69.6. The zero-order valence-corrected chi connectivity index (χ0v) is 40.0. The number of benzene rings is 9. The highest BCUT2D eigenvalue weighted by Crippen LogP contribution is 2.49. The van der Waals surface area contributed by atoms with Crippen LogP contribution < -0.4 is 20.5 Å². The van der Waals surface area contributed by atoms with E-state index in [4.69, 9.17) is 0 Å². The average molecular weight is 893 g/mol. The van der Waals surface area contributed by atoms with E-state index in [0.29, 0.717) is 0 Å². The van der Waals surface area contributed by atoms with E-state index in [1.54, 1.807) is 0 Å². The Bertz CT molecular complexity index is 3770. The lowest BCUT2D eigenvalue weighted by Gasteiger charge is -2.42. The number of nitrogens with zero attached hydrogens (tertiary/aromatic N) is 2. The monoisotopic (exact) mass is 892 g/mol. The second-order valence-electron chi connectivity index (χ2n) is 20.3. The van der Waals surface area contributed by atoms with Crippen molar-refractivity contribution in [3.63, 3.8) is 0 Å². The second kappa shape index (κ2) is 15.3. The summed E-state index contributed by atoms with van der Waals surface area (Å²) in [4.78, 5) is 2.38. The van der Waals surface area contributed by atoms with Gasteiger partial charge in [0.25, 0.3) is 0 Å². The first kappa shape index (κ1) is 40.9. The van der Waals surface area contributed by atoms with Crippen LogP contribution in [0, 0.1) is 6.92 Å². The Morgan fingerprint density at radius 2 is 1.25 bits per heavy atom. The molecule has 0 fully saturated rings. The molecule has 0 bridgehead atoms. The third-order valence-corrected chi connectivity index (χ3v) is 16.3. The van der Waals surface area contributed by atoms with Crippen molar-refractivity contribution in [2.75, 3.05) is 10.2 Å². The van der Waals surface area contributed by atoms with E-state index in [1.165, 1.54) is 105 Å². The Kier molecular flexibility index (Phi) is 9.23. The highest BCUT2D eigenvalue weighted by molar-refractivity contribution is 7.29. The van der Waals surface area contributed by atoms with Crippen LogP contribution in [0.15, 0.2) is 188 Å². The van der Waals surface area contributed by atoms with E-state index in [1.807, 2.05) is 11.3 Å². The minimum absolute atomic E-state index is 0.0871. The summed E-state index contributed by atoms with van der Waals surface area (Å²) in [7, 11) is 2.51. The summed E-state index contributed by atoms with van der Waals surface area (Å²) in [5.74, 6) is 0. The van der Waals surface area contributed by atoms with Gasteiger partial charge in [0.05, 0.1) is 11.2 Å². The fourth-order valence-corrected chi connectivity index (χ4v) is 12.7. The van der Waals surface area contributed by atoms with E-state index in [0.717, 1.165) is 34.0 Å². The molecule has 0 spiro atoms. The quantitative estimate of drug-likeness (QED) is 0.161. The summed E-state index contributed by atoms with van der Waals surface area (Å²) >= 11 is 1.90. The molecule has 2 aromatic heterocycles. The van der Waals surface area contributed by atoms with Gasteiger partial charge in [-0.3, -0.25) is 0 Å². The molecule has 1 aliphatic carbocycles. The highest BCUT2D eigenvalue weighted by atomic mass is 32.1. The summed E-state index contributed by atoms with van der Waals surface area (Å²) in [6.07, 6.45) is 2.36. The molecule has 11 aromatic rings. The van der Waals surface area contributed by atoms with Crippen molar-refractivity contribution >= 4 is 100.0 Å². The number of anilines is 5. The van der Waals surface area contributed by atoms with Crippen molar-refractivity contribution in [3.05, 3.63) is 205 Å². The van der Waals surface area contributed by atoms with E-state index in [9.17, 15) is 0 Å². The number of aryl methyl sites for hydroxylation is 1. The van der Waals surface area contributed by atoms with Crippen LogP contribution in [0.1, 0.15) is 57.2 Å². The first-order valence-electron chi connectivity index (χ1n) is 24.0. The number of para-hydroxylation sites is 2. The normalized spacial score (nSPS) is 14.5. The first-order chi connectivity index (χ1) is 33.1. The molecule has 0 saturated carbocycles. The molecule has 0 atom stereocenters. The van der Waals surface area contributed by atoms with Crippen LogP contribution in [-0.2, 0) is 10.8 Å². The average Bonchev–Trinajstić information content (AvgIpc) is 3.92. The van der Waals surface area contributed by atoms with Gasteiger partial charge in [-0.05, 0) is 158 Å². The van der Waals surface area contributed by atoms with Crippen molar-refractivity contribution in [2.45, 2.75) is 58.3 Å². The van der Waals surface area contributed by atoms with Crippen molar-refractivity contribution in [1.82, 2.24) is 4.57 Å². The number of hydrogen-bond donors (Lipinski definition) is 1. The van der Waals surface area contributed by atoms with Crippen molar-refractivity contribution < 1.29 is 0 Å². The lowest BCUT2D eigenvalue weighted by atomic mass is 9.62. The molecule has 1 aliphatic heterocycles. The van der Waals surface area contributed by atoms with Gasteiger partial charge in [0.2, 0.25) is 7.28 Å². The van der Waals surface area contributed by atoms with Gasteiger partial charge in [0, 0.05) is 60.4 Å². The van der Waals surface area contributed by atoms with E-state index >= 15 is 0 Å². The fourth-order valence-electron chi connectivity index (χ4n) is 11.6. The van der Waals surface area contributed by atoms with Crippen LogP contribution in [0.3, 0.4) is 0 Å². The third-order valence-electron chi connectivity index (χ3n) is 15.2. The fraction of sp³-hybridized carbons (Fsp3) is 0.143. The van der Waals surface area contributed by atoms with Crippen LogP contribution in [0.25, 0.3) is 70.6 Å². The van der Waals surface area contributed by atoms with Gasteiger partial charge in [-0.1, -0.05) is 143 Å². The molecular formula is C63H51BN3S. The molecule has 2 aliphatic rings. The lowest BCUT2D eigenvalue weighted by Crippen LogP contribution is -2.35. The SMILES string of the molecule is Cc1cc(-c2cc(N(c3ccccc3)c3ccccc3)ccc2Nc2ccc3c(c2)C(C)(C)CCC3(C)C)c2c3c1c1c4ccccc4ccc1n3-c1c(sc3ccc(-c4ccccc4)cc13)[B]2.